The smallest absolute Gasteiger partial charge is 0.295 e. The quantitative estimate of drug-likeness (QED) is 0.219. The molecule has 1 amide bonds. The molecule has 1 aromatic heterocycles. The van der Waals surface area contributed by atoms with Crippen LogP contribution in [0.25, 0.3) is 16.7 Å². The van der Waals surface area contributed by atoms with Crippen molar-refractivity contribution in [3.63, 3.8) is 0 Å². The third-order valence-electron chi connectivity index (χ3n) is 6.39. The summed E-state index contributed by atoms with van der Waals surface area (Å²) in [7, 11) is 1.54. The Hall–Kier alpha value is -4.52. The summed E-state index contributed by atoms with van der Waals surface area (Å²) in [5.41, 5.74) is 2.94. The Morgan fingerprint density at radius 3 is 2.54 bits per heavy atom. The number of rotatable bonds is 6. The molecule has 5 rings (SSSR count). The summed E-state index contributed by atoms with van der Waals surface area (Å²) in [6.07, 6.45) is 2.41. The van der Waals surface area contributed by atoms with E-state index < -0.39 is 17.7 Å². The van der Waals surface area contributed by atoms with Crippen molar-refractivity contribution >= 4 is 28.4 Å². The fraction of sp³-hybridized carbons (Fsp3) is 0.143. The lowest BCUT2D eigenvalue weighted by Gasteiger charge is -2.25. The van der Waals surface area contributed by atoms with E-state index in [4.69, 9.17) is 4.74 Å². The second-order valence-corrected chi connectivity index (χ2v) is 8.43. The number of carbonyl (C=O) groups is 2. The summed E-state index contributed by atoms with van der Waals surface area (Å²) in [5.74, 6) is -1.10. The number of aromatic amines is 1. The van der Waals surface area contributed by atoms with Crippen LogP contribution in [0.4, 0.5) is 0 Å². The van der Waals surface area contributed by atoms with Crippen molar-refractivity contribution in [1.82, 2.24) is 9.88 Å². The number of H-pyrrole nitrogens is 1. The normalized spacial score (nSPS) is 17.3. The lowest BCUT2D eigenvalue weighted by atomic mass is 9.95. The van der Waals surface area contributed by atoms with Crippen LogP contribution < -0.4 is 4.74 Å². The maximum absolute atomic E-state index is 13.2. The molecule has 0 radical (unpaired) electrons. The molecule has 1 aliphatic rings. The number of phenols is 1. The average Bonchev–Trinajstić information content (AvgIpc) is 3.40. The maximum atomic E-state index is 13.2. The number of nitrogens with zero attached hydrogens (tertiary/aromatic N) is 1. The number of aromatic nitrogens is 1. The van der Waals surface area contributed by atoms with Crippen LogP contribution in [0.1, 0.15) is 22.7 Å². The third kappa shape index (κ3) is 4.01. The van der Waals surface area contributed by atoms with Crippen molar-refractivity contribution in [3.8, 4) is 11.5 Å². The van der Waals surface area contributed by atoms with Crippen molar-refractivity contribution in [2.24, 2.45) is 0 Å². The Balaban J connectivity index is 1.56. The van der Waals surface area contributed by atoms with Crippen LogP contribution in [-0.4, -0.2) is 45.4 Å². The summed E-state index contributed by atoms with van der Waals surface area (Å²) in [6.45, 7) is 0.256. The van der Waals surface area contributed by atoms with Crippen molar-refractivity contribution in [2.45, 2.75) is 12.5 Å². The summed E-state index contributed by atoms with van der Waals surface area (Å²) >= 11 is 0. The molecule has 3 aromatic carbocycles. The predicted octanol–water partition coefficient (Wildman–Crippen LogP) is 4.55. The van der Waals surface area contributed by atoms with E-state index in [2.05, 4.69) is 4.98 Å². The zero-order chi connectivity index (χ0) is 24.5. The van der Waals surface area contributed by atoms with Crippen molar-refractivity contribution in [1.29, 1.82) is 0 Å². The first-order valence-corrected chi connectivity index (χ1v) is 11.2. The van der Waals surface area contributed by atoms with E-state index in [0.29, 0.717) is 23.3 Å². The van der Waals surface area contributed by atoms with Crippen LogP contribution in [0, 0.1) is 0 Å². The summed E-state index contributed by atoms with van der Waals surface area (Å²) < 4.78 is 5.17. The van der Waals surface area contributed by atoms with Crippen molar-refractivity contribution < 1.29 is 24.5 Å². The number of fused-ring (bicyclic) bond motifs is 1. The molecule has 1 atom stereocenters. The first kappa shape index (κ1) is 22.3. The molecule has 1 saturated heterocycles. The van der Waals surface area contributed by atoms with E-state index in [9.17, 15) is 19.8 Å². The number of aromatic hydroxyl groups is 1. The molecule has 0 saturated carbocycles. The van der Waals surface area contributed by atoms with Gasteiger partial charge in [-0.25, -0.2) is 0 Å². The van der Waals surface area contributed by atoms with E-state index in [1.165, 1.54) is 24.1 Å². The van der Waals surface area contributed by atoms with Gasteiger partial charge in [-0.05, 0) is 60.0 Å². The third-order valence-corrected chi connectivity index (χ3v) is 6.39. The molecule has 0 bridgehead atoms. The Bertz CT molecular complexity index is 1450. The predicted molar refractivity (Wildman–Crippen MR) is 132 cm³/mol. The maximum Gasteiger partial charge on any atom is 0.295 e. The Morgan fingerprint density at radius 2 is 1.80 bits per heavy atom. The molecule has 1 aliphatic heterocycles. The monoisotopic (exact) mass is 468 g/mol. The van der Waals surface area contributed by atoms with Crippen LogP contribution in [0.5, 0.6) is 11.5 Å². The fourth-order valence-corrected chi connectivity index (χ4v) is 4.64. The van der Waals surface area contributed by atoms with E-state index in [-0.39, 0.29) is 23.6 Å². The molecule has 176 valence electrons. The number of para-hydroxylation sites is 1. The highest BCUT2D eigenvalue weighted by molar-refractivity contribution is 6.46. The molecule has 3 N–H and O–H groups in total. The largest absolute Gasteiger partial charge is 0.508 e. The number of aliphatic hydroxyl groups excluding tert-OH is 1. The van der Waals surface area contributed by atoms with Gasteiger partial charge in [0.25, 0.3) is 11.7 Å². The van der Waals surface area contributed by atoms with Crippen LogP contribution in [0.2, 0.25) is 0 Å². The SMILES string of the molecule is COc1ccc(/C(O)=C2/C(=O)C(=O)N(CCc3c[nH]c4ccccc34)C2c2cccc(O)c2)cc1. The highest BCUT2D eigenvalue weighted by atomic mass is 16.5. The van der Waals surface area contributed by atoms with Crippen molar-refractivity contribution in [2.75, 3.05) is 13.7 Å². The second kappa shape index (κ2) is 9.02. The van der Waals surface area contributed by atoms with E-state index >= 15 is 0 Å². The zero-order valence-electron chi connectivity index (χ0n) is 19.1. The minimum atomic E-state index is -0.839. The van der Waals surface area contributed by atoms with Gasteiger partial charge in [-0.1, -0.05) is 30.3 Å². The number of phenolic OH excluding ortho intramolecular Hbond substituents is 1. The van der Waals surface area contributed by atoms with Gasteiger partial charge >= 0.3 is 0 Å². The van der Waals surface area contributed by atoms with Gasteiger partial charge in [0, 0.05) is 29.2 Å². The number of likely N-dealkylation sites (tertiary alicyclic amines) is 1. The lowest BCUT2D eigenvalue weighted by Crippen LogP contribution is -2.31. The molecule has 0 aliphatic carbocycles. The molecular formula is C28H24N2O5. The van der Waals surface area contributed by atoms with E-state index in [0.717, 1.165) is 16.5 Å². The number of benzene rings is 3. The molecule has 2 heterocycles. The number of hydrogen-bond acceptors (Lipinski definition) is 5. The van der Waals surface area contributed by atoms with E-state index in [1.807, 2.05) is 30.5 Å². The van der Waals surface area contributed by atoms with Crippen molar-refractivity contribution in [3.05, 3.63) is 101 Å². The van der Waals surface area contributed by atoms with Gasteiger partial charge in [0.1, 0.15) is 17.3 Å². The summed E-state index contributed by atoms with van der Waals surface area (Å²) in [6, 6.07) is 20.1. The first-order valence-electron chi connectivity index (χ1n) is 11.2. The van der Waals surface area contributed by atoms with Gasteiger partial charge in [-0.15, -0.1) is 0 Å². The molecule has 35 heavy (non-hydrogen) atoms. The highest BCUT2D eigenvalue weighted by Gasteiger charge is 2.46. The molecule has 7 nitrogen and oxygen atoms in total. The Kier molecular flexibility index (Phi) is 5.74. The number of carbonyl (C=O) groups excluding carboxylic acids is 2. The summed E-state index contributed by atoms with van der Waals surface area (Å²) in [4.78, 5) is 31.1. The number of nitrogens with one attached hydrogen (secondary N) is 1. The van der Waals surface area contributed by atoms with E-state index in [1.54, 1.807) is 36.4 Å². The van der Waals surface area contributed by atoms with Crippen LogP contribution in [-0.2, 0) is 16.0 Å². The second-order valence-electron chi connectivity index (χ2n) is 8.43. The van der Waals surface area contributed by atoms with Crippen LogP contribution >= 0.6 is 0 Å². The van der Waals surface area contributed by atoms with Gasteiger partial charge in [-0.3, -0.25) is 9.59 Å². The topological polar surface area (TPSA) is 103 Å². The van der Waals surface area contributed by atoms with Crippen LogP contribution in [0.3, 0.4) is 0 Å². The number of ketones is 1. The number of aliphatic hydroxyl groups is 1. The molecule has 0 spiro atoms. The molecule has 7 heteroatoms. The highest BCUT2D eigenvalue weighted by Crippen LogP contribution is 2.40. The summed E-state index contributed by atoms with van der Waals surface area (Å²) in [5, 5.41) is 22.3. The molecule has 1 fully saturated rings. The van der Waals surface area contributed by atoms with Gasteiger partial charge < -0.3 is 24.8 Å². The molecular weight excluding hydrogens is 444 g/mol. The standard InChI is InChI=1S/C28H24N2O5/c1-35-21-11-9-17(10-12-21)26(32)24-25(18-5-4-6-20(31)15-18)30(28(34)27(24)33)14-13-19-16-29-23-8-3-2-7-22(19)23/h2-12,15-16,25,29,31-32H,13-14H2,1H3/b26-24-. The minimum Gasteiger partial charge on any atom is -0.508 e. The Labute approximate surface area is 201 Å². The lowest BCUT2D eigenvalue weighted by molar-refractivity contribution is -0.139. The van der Waals surface area contributed by atoms with Gasteiger partial charge in [-0.2, -0.15) is 0 Å². The van der Waals surface area contributed by atoms with Crippen LogP contribution in [0.15, 0.2) is 84.6 Å². The zero-order valence-corrected chi connectivity index (χ0v) is 19.1. The number of Topliss-reactive ketones (excluding diaryl/α,β-unsaturated/α-hetero) is 1. The average molecular weight is 469 g/mol. The first-order chi connectivity index (χ1) is 17.0. The molecule has 4 aromatic rings. The van der Waals surface area contributed by atoms with Gasteiger partial charge in [0.2, 0.25) is 0 Å². The van der Waals surface area contributed by atoms with Gasteiger partial charge in [0.05, 0.1) is 18.7 Å². The number of ether oxygens (including phenoxy) is 1. The van der Waals surface area contributed by atoms with Gasteiger partial charge in [0.15, 0.2) is 0 Å². The molecule has 1 unspecified atom stereocenters. The number of methoxy groups -OCH3 is 1. The fourth-order valence-electron chi connectivity index (χ4n) is 4.64. The number of amides is 1. The Morgan fingerprint density at radius 1 is 1.03 bits per heavy atom. The minimum absolute atomic E-state index is 0.00849. The number of hydrogen-bond donors (Lipinski definition) is 3.